The molecule has 0 unspecified atom stereocenters. The van der Waals surface area contributed by atoms with E-state index in [4.69, 9.17) is 4.74 Å². The fraction of sp³-hybridized carbons (Fsp3) is 0.300. The van der Waals surface area contributed by atoms with Gasteiger partial charge in [-0.1, -0.05) is 12.1 Å². The number of carbonyl (C=O) groups is 1. The van der Waals surface area contributed by atoms with E-state index in [-0.39, 0.29) is 12.3 Å². The Balaban J connectivity index is 1.90. The number of benzene rings is 1. The molecular weight excluding hydrogens is 506 g/mol. The minimum atomic E-state index is -4.79. The van der Waals surface area contributed by atoms with Gasteiger partial charge in [0.05, 0.1) is 29.4 Å². The number of alkyl halides is 6. The summed E-state index contributed by atoms with van der Waals surface area (Å²) in [4.78, 5) is 15.6. The topological polar surface area (TPSA) is 109 Å². The van der Waals surface area contributed by atoms with Crippen LogP contribution in [0.25, 0.3) is 5.57 Å². The minimum Gasteiger partial charge on any atom is -0.377 e. The van der Waals surface area contributed by atoms with Crippen molar-refractivity contribution >= 4 is 33.1 Å². The summed E-state index contributed by atoms with van der Waals surface area (Å²) < 4.78 is 107. The van der Waals surface area contributed by atoms with Crippen LogP contribution >= 0.6 is 0 Å². The van der Waals surface area contributed by atoms with Crippen LogP contribution in [0.4, 0.5) is 42.6 Å². The molecular formula is C20H18F6N4O4S. The maximum Gasteiger partial charge on any atom is 0.416 e. The minimum absolute atomic E-state index is 0.0995. The van der Waals surface area contributed by atoms with E-state index in [1.54, 1.807) is 6.08 Å². The first-order valence-electron chi connectivity index (χ1n) is 9.83. The third-order valence-electron chi connectivity index (χ3n) is 4.65. The molecule has 0 bridgehead atoms. The zero-order valence-corrected chi connectivity index (χ0v) is 18.4. The summed E-state index contributed by atoms with van der Waals surface area (Å²) in [6.45, 7) is -1.23. The van der Waals surface area contributed by atoms with Crippen LogP contribution in [-0.4, -0.2) is 45.4 Å². The van der Waals surface area contributed by atoms with E-state index in [0.717, 1.165) is 18.3 Å². The Kier molecular flexibility index (Phi) is 7.71. The third-order valence-corrected chi connectivity index (χ3v) is 6.05. The number of hydrogen-bond acceptors (Lipinski definition) is 5. The number of nitrogens with one attached hydrogen (secondary N) is 3. The Labute approximate surface area is 195 Å². The number of aromatic nitrogens is 1. The number of amides is 2. The average Bonchev–Trinajstić information content (AvgIpc) is 2.77. The predicted molar refractivity (Wildman–Crippen MR) is 113 cm³/mol. The summed E-state index contributed by atoms with van der Waals surface area (Å²) in [6, 6.07) is 3.58. The number of pyridine rings is 1. The molecule has 190 valence electrons. The summed E-state index contributed by atoms with van der Waals surface area (Å²) in [7, 11) is -4.60. The molecule has 0 fully saturated rings. The van der Waals surface area contributed by atoms with E-state index in [2.05, 4.69) is 15.6 Å². The Morgan fingerprint density at radius 1 is 1.06 bits per heavy atom. The van der Waals surface area contributed by atoms with Gasteiger partial charge < -0.3 is 10.1 Å². The number of anilines is 2. The van der Waals surface area contributed by atoms with Crippen LogP contribution in [0.5, 0.6) is 0 Å². The molecule has 1 aliphatic heterocycles. The van der Waals surface area contributed by atoms with Crippen LogP contribution in [0.2, 0.25) is 0 Å². The van der Waals surface area contributed by atoms with Crippen molar-refractivity contribution < 1.29 is 44.3 Å². The van der Waals surface area contributed by atoms with Crippen molar-refractivity contribution in [3.05, 3.63) is 53.7 Å². The van der Waals surface area contributed by atoms with Crippen molar-refractivity contribution in [2.24, 2.45) is 0 Å². The number of hydrogen-bond donors (Lipinski definition) is 3. The number of halogens is 6. The Hall–Kier alpha value is -3.17. The second-order valence-electron chi connectivity index (χ2n) is 7.21. The highest BCUT2D eigenvalue weighted by Crippen LogP contribution is 2.32. The maximum absolute atomic E-state index is 12.9. The van der Waals surface area contributed by atoms with Gasteiger partial charge in [0.25, 0.3) is 0 Å². The van der Waals surface area contributed by atoms with Crippen LogP contribution in [0.15, 0.2) is 47.5 Å². The second kappa shape index (κ2) is 10.2. The van der Waals surface area contributed by atoms with E-state index < -0.39 is 51.2 Å². The SMILES string of the molecule is O=C(Nc1cc(C(F)(F)F)ccn1)Nc1cc(S(=O)(=O)NCC(F)(F)F)ccc1C1=CCOCC1. The van der Waals surface area contributed by atoms with E-state index >= 15 is 0 Å². The molecule has 0 saturated carbocycles. The number of nitrogens with zero attached hydrogens (tertiary/aromatic N) is 1. The van der Waals surface area contributed by atoms with Gasteiger partial charge in [0, 0.05) is 11.8 Å². The molecule has 8 nitrogen and oxygen atoms in total. The first kappa shape index (κ1) is 26.4. The largest absolute Gasteiger partial charge is 0.416 e. The number of carbonyl (C=O) groups excluding carboxylic acids is 1. The molecule has 15 heteroatoms. The van der Waals surface area contributed by atoms with E-state index in [1.165, 1.54) is 10.8 Å². The predicted octanol–water partition coefficient (Wildman–Crippen LogP) is 4.39. The van der Waals surface area contributed by atoms with Crippen LogP contribution in [0.1, 0.15) is 17.5 Å². The second-order valence-corrected chi connectivity index (χ2v) is 8.97. The van der Waals surface area contributed by atoms with Gasteiger partial charge in [-0.25, -0.2) is 22.9 Å². The fourth-order valence-electron chi connectivity index (χ4n) is 3.05. The van der Waals surface area contributed by atoms with Gasteiger partial charge in [0.2, 0.25) is 10.0 Å². The summed E-state index contributed by atoms with van der Waals surface area (Å²) in [5.41, 5.74) is -0.136. The van der Waals surface area contributed by atoms with Gasteiger partial charge in [0.1, 0.15) is 12.4 Å². The van der Waals surface area contributed by atoms with Crippen LogP contribution in [0.3, 0.4) is 0 Å². The zero-order valence-electron chi connectivity index (χ0n) is 17.6. The average molecular weight is 524 g/mol. The third kappa shape index (κ3) is 7.40. The van der Waals surface area contributed by atoms with Gasteiger partial charge in [0.15, 0.2) is 0 Å². The highest BCUT2D eigenvalue weighted by atomic mass is 32.2. The summed E-state index contributed by atoms with van der Waals surface area (Å²) in [5.74, 6) is -0.431. The summed E-state index contributed by atoms with van der Waals surface area (Å²) in [6.07, 6.45) is -6.56. The van der Waals surface area contributed by atoms with Crippen molar-refractivity contribution in [1.29, 1.82) is 0 Å². The molecule has 0 spiro atoms. The van der Waals surface area contributed by atoms with E-state index in [1.807, 2.05) is 0 Å². The molecule has 3 N–H and O–H groups in total. The van der Waals surface area contributed by atoms with Crippen molar-refractivity contribution in [3.63, 3.8) is 0 Å². The van der Waals surface area contributed by atoms with Crippen molar-refractivity contribution in [2.45, 2.75) is 23.7 Å². The lowest BCUT2D eigenvalue weighted by Gasteiger charge is -2.19. The molecule has 0 aliphatic carbocycles. The lowest BCUT2D eigenvalue weighted by atomic mass is 10.00. The number of rotatable bonds is 6. The van der Waals surface area contributed by atoms with E-state index in [9.17, 15) is 39.6 Å². The highest BCUT2D eigenvalue weighted by molar-refractivity contribution is 7.89. The molecule has 2 heterocycles. The fourth-order valence-corrected chi connectivity index (χ4v) is 4.09. The number of sulfonamides is 1. The van der Waals surface area contributed by atoms with Gasteiger partial charge >= 0.3 is 18.4 Å². The number of urea groups is 1. The normalized spacial score (nSPS) is 14.9. The van der Waals surface area contributed by atoms with Crippen molar-refractivity contribution in [3.8, 4) is 0 Å². The molecule has 1 aromatic carbocycles. The monoisotopic (exact) mass is 524 g/mol. The molecule has 1 aliphatic rings. The van der Waals surface area contributed by atoms with Crippen molar-refractivity contribution in [2.75, 3.05) is 30.4 Å². The van der Waals surface area contributed by atoms with Crippen molar-refractivity contribution in [1.82, 2.24) is 9.71 Å². The lowest BCUT2D eigenvalue weighted by Crippen LogP contribution is -2.33. The molecule has 0 radical (unpaired) electrons. The summed E-state index contributed by atoms with van der Waals surface area (Å²) >= 11 is 0. The van der Waals surface area contributed by atoms with Crippen LogP contribution in [0, 0.1) is 0 Å². The van der Waals surface area contributed by atoms with Gasteiger partial charge in [-0.2, -0.15) is 26.3 Å². The van der Waals surface area contributed by atoms with Crippen LogP contribution < -0.4 is 15.4 Å². The molecule has 0 atom stereocenters. The maximum atomic E-state index is 12.9. The highest BCUT2D eigenvalue weighted by Gasteiger charge is 2.31. The van der Waals surface area contributed by atoms with Gasteiger partial charge in [-0.15, -0.1) is 0 Å². The quantitative estimate of drug-likeness (QED) is 0.486. The first-order valence-corrected chi connectivity index (χ1v) is 11.3. The molecule has 2 amide bonds. The lowest BCUT2D eigenvalue weighted by molar-refractivity contribution is -0.137. The van der Waals surface area contributed by atoms with Crippen LogP contribution in [-0.2, 0) is 20.9 Å². The Bertz CT molecular complexity index is 1230. The molecule has 0 saturated heterocycles. The Morgan fingerprint density at radius 2 is 1.80 bits per heavy atom. The first-order chi connectivity index (χ1) is 16.2. The molecule has 2 aromatic rings. The number of ether oxygens (including phenoxy) is 1. The molecule has 3 rings (SSSR count). The Morgan fingerprint density at radius 3 is 2.43 bits per heavy atom. The molecule has 1 aromatic heterocycles. The standard InChI is InChI=1S/C20H18F6N4O4S/c21-19(22,23)11-28-35(32,33)14-1-2-15(12-4-7-34-8-5-12)16(10-14)29-18(31)30-17-9-13(3-6-27-17)20(24,25)26/h1-4,6,9-10,28H,5,7-8,11H2,(H2,27,29,30,31). The molecule has 35 heavy (non-hydrogen) atoms. The van der Waals surface area contributed by atoms with Gasteiger partial charge in [-0.3, -0.25) is 5.32 Å². The summed E-state index contributed by atoms with van der Waals surface area (Å²) in [5, 5.41) is 4.45. The zero-order chi connectivity index (χ0) is 25.9. The van der Waals surface area contributed by atoms with E-state index in [0.29, 0.717) is 36.3 Å². The smallest absolute Gasteiger partial charge is 0.377 e. The van der Waals surface area contributed by atoms with Gasteiger partial charge in [-0.05, 0) is 36.3 Å².